The van der Waals surface area contributed by atoms with Crippen LogP contribution in [0.5, 0.6) is 17.2 Å². The number of nitro groups is 2. The molecule has 48 heavy (non-hydrogen) atoms. The van der Waals surface area contributed by atoms with Crippen molar-refractivity contribution in [1.82, 2.24) is 10.7 Å². The number of halogens is 1. The Morgan fingerprint density at radius 1 is 0.896 bits per heavy atom. The lowest BCUT2D eigenvalue weighted by Gasteiger charge is -2.13. The van der Waals surface area contributed by atoms with Gasteiger partial charge in [0, 0.05) is 25.8 Å². The van der Waals surface area contributed by atoms with E-state index in [2.05, 4.69) is 15.8 Å². The highest BCUT2D eigenvalue weighted by molar-refractivity contribution is 6.34. The highest BCUT2D eigenvalue weighted by atomic mass is 35.5. The van der Waals surface area contributed by atoms with E-state index in [4.69, 9.17) is 21.1 Å². The van der Waals surface area contributed by atoms with Gasteiger partial charge in [-0.2, -0.15) is 5.10 Å². The van der Waals surface area contributed by atoms with Crippen molar-refractivity contribution in [2.24, 2.45) is 5.10 Å². The molecule has 0 saturated carbocycles. The van der Waals surface area contributed by atoms with Crippen molar-refractivity contribution >= 4 is 52.8 Å². The third kappa shape index (κ3) is 8.92. The van der Waals surface area contributed by atoms with Crippen LogP contribution in [0.3, 0.4) is 0 Å². The van der Waals surface area contributed by atoms with Crippen LogP contribution in [0.25, 0.3) is 6.08 Å². The van der Waals surface area contributed by atoms with E-state index in [1.807, 2.05) is 31.1 Å². The molecule has 15 heteroatoms. The summed E-state index contributed by atoms with van der Waals surface area (Å²) in [5, 5.41) is 29.5. The zero-order valence-corrected chi connectivity index (χ0v) is 26.6. The van der Waals surface area contributed by atoms with Crippen LogP contribution in [0.1, 0.15) is 28.4 Å². The molecule has 0 aliphatic heterocycles. The summed E-state index contributed by atoms with van der Waals surface area (Å²) in [6.45, 7) is 1.93. The van der Waals surface area contributed by atoms with E-state index in [0.29, 0.717) is 11.1 Å². The van der Waals surface area contributed by atoms with Gasteiger partial charge in [-0.1, -0.05) is 35.9 Å². The second-order valence-corrected chi connectivity index (χ2v) is 10.5. The first-order chi connectivity index (χ1) is 23.0. The van der Waals surface area contributed by atoms with Gasteiger partial charge in [-0.15, -0.1) is 0 Å². The number of ether oxygens (including phenoxy) is 2. The summed E-state index contributed by atoms with van der Waals surface area (Å²) in [6, 6.07) is 21.3. The lowest BCUT2D eigenvalue weighted by Crippen LogP contribution is -2.33. The van der Waals surface area contributed by atoms with Crippen LogP contribution in [0.2, 0.25) is 5.02 Å². The molecule has 2 N–H and O–H groups in total. The molecule has 0 aliphatic rings. The molecule has 0 aliphatic carbocycles. The van der Waals surface area contributed by atoms with Crippen molar-refractivity contribution in [2.75, 3.05) is 25.6 Å². The van der Waals surface area contributed by atoms with Gasteiger partial charge in [0.25, 0.3) is 17.5 Å². The van der Waals surface area contributed by atoms with Gasteiger partial charge in [0.1, 0.15) is 5.70 Å². The zero-order valence-electron chi connectivity index (χ0n) is 25.9. The van der Waals surface area contributed by atoms with Crippen LogP contribution in [0, 0.1) is 20.2 Å². The van der Waals surface area contributed by atoms with Crippen molar-refractivity contribution < 1.29 is 28.9 Å². The van der Waals surface area contributed by atoms with Gasteiger partial charge in [0.15, 0.2) is 11.5 Å². The Morgan fingerprint density at radius 3 is 2.23 bits per heavy atom. The van der Waals surface area contributed by atoms with E-state index < -0.39 is 33.0 Å². The van der Waals surface area contributed by atoms with Gasteiger partial charge < -0.3 is 19.7 Å². The predicted molar refractivity (Wildman–Crippen MR) is 181 cm³/mol. The van der Waals surface area contributed by atoms with E-state index in [1.165, 1.54) is 30.5 Å². The van der Waals surface area contributed by atoms with Gasteiger partial charge >= 0.3 is 5.69 Å². The van der Waals surface area contributed by atoms with Crippen molar-refractivity contribution in [3.8, 4) is 17.2 Å². The minimum Gasteiger partial charge on any atom is -0.490 e. The molecule has 0 radical (unpaired) electrons. The number of anilines is 1. The molecule has 0 heterocycles. The Labute approximate surface area is 279 Å². The van der Waals surface area contributed by atoms with Crippen molar-refractivity contribution in [3.05, 3.63) is 133 Å². The van der Waals surface area contributed by atoms with Gasteiger partial charge in [-0.05, 0) is 72.7 Å². The standard InChI is InChI=1S/C33H29ClN6O8/c1-4-47-31-18-22(11-15-30(31)48-29-16-14-24(39(43)44)19-28(29)40(45)46)20-35-37-33(42)27(17-21-9-12-23(13-10-21)38(2)3)36-32(41)25-7-5-6-8-26(25)34/h5-20H,4H2,1-3H3,(H,36,41)(H,37,42). The number of carbonyl (C=O) groups excluding carboxylic acids is 2. The molecule has 4 aromatic rings. The lowest BCUT2D eigenvalue weighted by molar-refractivity contribution is -0.394. The summed E-state index contributed by atoms with van der Waals surface area (Å²) in [6.07, 6.45) is 2.81. The number of rotatable bonds is 13. The SMILES string of the molecule is CCOc1cc(C=NNC(=O)C(=Cc2ccc(N(C)C)cc2)NC(=O)c2ccccc2Cl)ccc1Oc1ccc([N+](=O)[O-])cc1[N+](=O)[O-]. The summed E-state index contributed by atoms with van der Waals surface area (Å²) in [7, 11) is 3.79. The second-order valence-electron chi connectivity index (χ2n) is 10.1. The number of hydrogen-bond donors (Lipinski definition) is 2. The quantitative estimate of drug-likeness (QED) is 0.0710. The molecular weight excluding hydrogens is 644 g/mol. The average molecular weight is 673 g/mol. The lowest BCUT2D eigenvalue weighted by atomic mass is 10.1. The van der Waals surface area contributed by atoms with Crippen molar-refractivity contribution in [1.29, 1.82) is 0 Å². The summed E-state index contributed by atoms with van der Waals surface area (Å²) < 4.78 is 11.4. The maximum atomic E-state index is 13.3. The number of carbonyl (C=O) groups is 2. The van der Waals surface area contributed by atoms with Crippen molar-refractivity contribution in [3.63, 3.8) is 0 Å². The minimum atomic E-state index is -0.787. The topological polar surface area (TPSA) is 179 Å². The molecule has 246 valence electrons. The number of nitrogens with zero attached hydrogens (tertiary/aromatic N) is 4. The molecule has 0 spiro atoms. The molecule has 0 atom stereocenters. The Hall–Kier alpha value is -6.28. The largest absolute Gasteiger partial charge is 0.490 e. The molecule has 0 unspecified atom stereocenters. The minimum absolute atomic E-state index is 0.0990. The predicted octanol–water partition coefficient (Wildman–Crippen LogP) is 6.33. The number of amides is 2. The Kier molecular flexibility index (Phi) is 11.4. The molecule has 0 saturated heterocycles. The number of nitrogens with one attached hydrogen (secondary N) is 2. The van der Waals surface area contributed by atoms with E-state index in [9.17, 15) is 29.8 Å². The molecule has 14 nitrogen and oxygen atoms in total. The Balaban J connectivity index is 1.56. The first-order valence-corrected chi connectivity index (χ1v) is 14.6. The monoisotopic (exact) mass is 672 g/mol. The third-order valence-corrected chi connectivity index (χ3v) is 6.88. The van der Waals surface area contributed by atoms with Crippen molar-refractivity contribution in [2.45, 2.75) is 6.92 Å². The van der Waals surface area contributed by atoms with Crippen LogP contribution in [0.4, 0.5) is 17.1 Å². The van der Waals surface area contributed by atoms with E-state index >= 15 is 0 Å². The summed E-state index contributed by atoms with van der Waals surface area (Å²) in [5.41, 5.74) is 3.45. The van der Waals surface area contributed by atoms with E-state index in [1.54, 1.807) is 43.3 Å². The molecule has 0 fully saturated rings. The normalized spacial score (nSPS) is 11.1. The van der Waals surface area contributed by atoms with Gasteiger partial charge in [0.2, 0.25) is 5.75 Å². The second kappa shape index (κ2) is 15.8. The molecular formula is C33H29ClN6O8. The highest BCUT2D eigenvalue weighted by Gasteiger charge is 2.22. The third-order valence-electron chi connectivity index (χ3n) is 6.55. The fraction of sp³-hybridized carbons (Fsp3) is 0.121. The molecule has 4 rings (SSSR count). The number of benzene rings is 4. The van der Waals surface area contributed by atoms with Crippen LogP contribution < -0.4 is 25.1 Å². The van der Waals surface area contributed by atoms with E-state index in [0.717, 1.165) is 23.9 Å². The number of hydrazone groups is 1. The smallest absolute Gasteiger partial charge is 0.318 e. The van der Waals surface area contributed by atoms with E-state index in [-0.39, 0.29) is 40.1 Å². The van der Waals surface area contributed by atoms with Gasteiger partial charge in [-0.3, -0.25) is 29.8 Å². The van der Waals surface area contributed by atoms with Crippen LogP contribution in [-0.2, 0) is 4.79 Å². The highest BCUT2D eigenvalue weighted by Crippen LogP contribution is 2.38. The maximum absolute atomic E-state index is 13.3. The molecule has 2 amide bonds. The molecule has 0 aromatic heterocycles. The Bertz CT molecular complexity index is 1910. The fourth-order valence-corrected chi connectivity index (χ4v) is 4.40. The first-order valence-electron chi connectivity index (χ1n) is 14.2. The molecule has 0 bridgehead atoms. The maximum Gasteiger partial charge on any atom is 0.318 e. The molecule has 4 aromatic carbocycles. The van der Waals surface area contributed by atoms with Gasteiger partial charge in [0.05, 0.1) is 39.3 Å². The summed E-state index contributed by atoms with van der Waals surface area (Å²) >= 11 is 6.19. The van der Waals surface area contributed by atoms with Crippen LogP contribution in [-0.4, -0.2) is 48.6 Å². The number of non-ortho nitro benzene ring substituents is 1. The first kappa shape index (κ1) is 34.6. The fourth-order valence-electron chi connectivity index (χ4n) is 4.18. The zero-order chi connectivity index (χ0) is 34.8. The summed E-state index contributed by atoms with van der Waals surface area (Å²) in [4.78, 5) is 49.3. The van der Waals surface area contributed by atoms with Crippen LogP contribution in [0.15, 0.2) is 95.7 Å². The van der Waals surface area contributed by atoms with Gasteiger partial charge in [-0.25, -0.2) is 5.43 Å². The average Bonchev–Trinajstić information content (AvgIpc) is 3.06. The number of nitro benzene ring substituents is 2. The summed E-state index contributed by atoms with van der Waals surface area (Å²) in [5.74, 6) is -1.26. The van der Waals surface area contributed by atoms with Crippen LogP contribution >= 0.6 is 11.6 Å². The number of hydrogen-bond acceptors (Lipinski definition) is 10. The Morgan fingerprint density at radius 2 is 1.58 bits per heavy atom.